The van der Waals surface area contributed by atoms with E-state index < -0.39 is 11.7 Å². The molecule has 1 aromatic carbocycles. The largest absolute Gasteiger partial charge is 0.416 e. The Kier molecular flexibility index (Phi) is 3.50. The lowest BCUT2D eigenvalue weighted by Gasteiger charge is -2.09. The topological polar surface area (TPSA) is 29.9 Å². The van der Waals surface area contributed by atoms with Crippen molar-refractivity contribution in [2.24, 2.45) is 7.05 Å². The molecule has 19 heavy (non-hydrogen) atoms. The van der Waals surface area contributed by atoms with E-state index >= 15 is 0 Å². The van der Waals surface area contributed by atoms with Crippen LogP contribution >= 0.6 is 0 Å². The summed E-state index contributed by atoms with van der Waals surface area (Å²) in [6, 6.07) is 4.99. The molecule has 0 bridgehead atoms. The van der Waals surface area contributed by atoms with Crippen LogP contribution in [0.1, 0.15) is 16.8 Å². The van der Waals surface area contributed by atoms with Crippen LogP contribution in [-0.2, 0) is 19.8 Å². The number of halogens is 3. The van der Waals surface area contributed by atoms with Gasteiger partial charge in [0.1, 0.15) is 0 Å². The van der Waals surface area contributed by atoms with E-state index in [0.717, 1.165) is 23.4 Å². The lowest BCUT2D eigenvalue weighted by atomic mass is 10.2. The van der Waals surface area contributed by atoms with E-state index in [4.69, 9.17) is 0 Å². The standard InChI is InChI=1S/C13H14F3N3/c1-9-10(8-18-19(9)2)7-17-12-5-3-11(4-6-12)13(14,15)16/h3-6,8,17H,7H2,1-2H3. The van der Waals surface area contributed by atoms with E-state index in [1.165, 1.54) is 12.1 Å². The van der Waals surface area contributed by atoms with Crippen LogP contribution in [0.25, 0.3) is 0 Å². The number of aromatic nitrogens is 2. The van der Waals surface area contributed by atoms with Crippen molar-refractivity contribution >= 4 is 5.69 Å². The summed E-state index contributed by atoms with van der Waals surface area (Å²) in [7, 11) is 1.84. The maximum absolute atomic E-state index is 12.4. The molecule has 0 aliphatic carbocycles. The van der Waals surface area contributed by atoms with Crippen LogP contribution in [0.4, 0.5) is 18.9 Å². The van der Waals surface area contributed by atoms with Crippen molar-refractivity contribution in [1.82, 2.24) is 9.78 Å². The van der Waals surface area contributed by atoms with Crippen molar-refractivity contribution in [3.63, 3.8) is 0 Å². The molecule has 1 aromatic heterocycles. The van der Waals surface area contributed by atoms with Gasteiger partial charge in [-0.2, -0.15) is 18.3 Å². The van der Waals surface area contributed by atoms with Gasteiger partial charge in [-0.25, -0.2) is 0 Å². The minimum Gasteiger partial charge on any atom is -0.381 e. The minimum absolute atomic E-state index is 0.533. The van der Waals surface area contributed by atoms with Gasteiger partial charge in [0.2, 0.25) is 0 Å². The monoisotopic (exact) mass is 269 g/mol. The van der Waals surface area contributed by atoms with Gasteiger partial charge < -0.3 is 5.32 Å². The van der Waals surface area contributed by atoms with Gasteiger partial charge in [0.25, 0.3) is 0 Å². The molecule has 0 aliphatic heterocycles. The number of hydrogen-bond acceptors (Lipinski definition) is 2. The number of benzene rings is 1. The van der Waals surface area contributed by atoms with E-state index in [1.54, 1.807) is 10.9 Å². The summed E-state index contributed by atoms with van der Waals surface area (Å²) >= 11 is 0. The van der Waals surface area contributed by atoms with Crippen LogP contribution in [0.2, 0.25) is 0 Å². The number of anilines is 1. The lowest BCUT2D eigenvalue weighted by molar-refractivity contribution is -0.137. The van der Waals surface area contributed by atoms with E-state index in [-0.39, 0.29) is 0 Å². The SMILES string of the molecule is Cc1c(CNc2ccc(C(F)(F)F)cc2)cnn1C. The molecule has 0 amide bonds. The Morgan fingerprint density at radius 1 is 1.21 bits per heavy atom. The van der Waals surface area contributed by atoms with Crippen molar-refractivity contribution in [3.05, 3.63) is 47.3 Å². The summed E-state index contributed by atoms with van der Waals surface area (Å²) in [4.78, 5) is 0. The first-order valence-corrected chi connectivity index (χ1v) is 5.76. The second-order valence-corrected chi connectivity index (χ2v) is 4.31. The molecular formula is C13H14F3N3. The number of nitrogens with zero attached hydrogens (tertiary/aromatic N) is 2. The average molecular weight is 269 g/mol. The Morgan fingerprint density at radius 2 is 1.84 bits per heavy atom. The summed E-state index contributed by atoms with van der Waals surface area (Å²) in [5.74, 6) is 0. The van der Waals surface area contributed by atoms with Gasteiger partial charge in [-0.1, -0.05) is 0 Å². The maximum atomic E-state index is 12.4. The van der Waals surface area contributed by atoms with Crippen molar-refractivity contribution < 1.29 is 13.2 Å². The molecule has 1 N–H and O–H groups in total. The number of hydrogen-bond donors (Lipinski definition) is 1. The van der Waals surface area contributed by atoms with E-state index in [9.17, 15) is 13.2 Å². The number of aryl methyl sites for hydroxylation is 1. The summed E-state index contributed by atoms with van der Waals surface area (Å²) in [5, 5.41) is 7.18. The molecule has 6 heteroatoms. The summed E-state index contributed by atoms with van der Waals surface area (Å²) in [5.41, 5.74) is 2.05. The quantitative estimate of drug-likeness (QED) is 0.926. The molecule has 1 heterocycles. The van der Waals surface area contributed by atoms with Gasteiger partial charge in [0.05, 0.1) is 11.8 Å². The summed E-state index contributed by atoms with van der Waals surface area (Å²) in [6.07, 6.45) is -2.55. The zero-order chi connectivity index (χ0) is 14.0. The lowest BCUT2D eigenvalue weighted by Crippen LogP contribution is -2.05. The molecule has 0 saturated carbocycles. The molecule has 0 atom stereocenters. The van der Waals surface area contributed by atoms with Crippen molar-refractivity contribution in [3.8, 4) is 0 Å². The van der Waals surface area contributed by atoms with E-state index in [0.29, 0.717) is 12.2 Å². The highest BCUT2D eigenvalue weighted by molar-refractivity contribution is 5.45. The van der Waals surface area contributed by atoms with Gasteiger partial charge in [0, 0.05) is 30.5 Å². The Hall–Kier alpha value is -1.98. The molecule has 0 unspecified atom stereocenters. The van der Waals surface area contributed by atoms with Crippen LogP contribution < -0.4 is 5.32 Å². The fourth-order valence-corrected chi connectivity index (χ4v) is 1.69. The van der Waals surface area contributed by atoms with Gasteiger partial charge in [-0.05, 0) is 31.2 Å². The maximum Gasteiger partial charge on any atom is 0.416 e. The van der Waals surface area contributed by atoms with Crippen LogP contribution in [-0.4, -0.2) is 9.78 Å². The third-order valence-corrected chi connectivity index (χ3v) is 3.03. The molecule has 2 aromatic rings. The molecule has 0 saturated heterocycles. The highest BCUT2D eigenvalue weighted by atomic mass is 19.4. The zero-order valence-corrected chi connectivity index (χ0v) is 10.6. The number of nitrogens with one attached hydrogen (secondary N) is 1. The normalized spacial score (nSPS) is 11.6. The van der Waals surface area contributed by atoms with Gasteiger partial charge >= 0.3 is 6.18 Å². The second-order valence-electron chi connectivity index (χ2n) is 4.31. The number of alkyl halides is 3. The Bertz CT molecular complexity index is 556. The molecule has 2 rings (SSSR count). The van der Waals surface area contributed by atoms with Gasteiger partial charge in [-0.15, -0.1) is 0 Å². The Morgan fingerprint density at radius 3 is 2.32 bits per heavy atom. The summed E-state index contributed by atoms with van der Waals surface area (Å²) in [6.45, 7) is 2.47. The van der Waals surface area contributed by atoms with Crippen LogP contribution in [0.3, 0.4) is 0 Å². The highest BCUT2D eigenvalue weighted by Crippen LogP contribution is 2.29. The summed E-state index contributed by atoms with van der Waals surface area (Å²) < 4.78 is 38.9. The third-order valence-electron chi connectivity index (χ3n) is 3.03. The first-order valence-electron chi connectivity index (χ1n) is 5.76. The molecule has 0 spiro atoms. The van der Waals surface area contributed by atoms with E-state index in [2.05, 4.69) is 10.4 Å². The second kappa shape index (κ2) is 4.95. The van der Waals surface area contributed by atoms with Crippen molar-refractivity contribution in [2.45, 2.75) is 19.6 Å². The zero-order valence-electron chi connectivity index (χ0n) is 10.6. The van der Waals surface area contributed by atoms with Gasteiger partial charge in [-0.3, -0.25) is 4.68 Å². The predicted octanol–water partition coefficient (Wildman–Crippen LogP) is 3.36. The van der Waals surface area contributed by atoms with Gasteiger partial charge in [0.15, 0.2) is 0 Å². The van der Waals surface area contributed by atoms with Crippen LogP contribution in [0, 0.1) is 6.92 Å². The number of rotatable bonds is 3. The van der Waals surface area contributed by atoms with Crippen molar-refractivity contribution in [1.29, 1.82) is 0 Å². The van der Waals surface area contributed by atoms with Crippen LogP contribution in [0.15, 0.2) is 30.5 Å². The smallest absolute Gasteiger partial charge is 0.381 e. The fraction of sp³-hybridized carbons (Fsp3) is 0.308. The molecule has 0 radical (unpaired) electrons. The third kappa shape index (κ3) is 3.07. The predicted molar refractivity (Wildman–Crippen MR) is 66.7 cm³/mol. The Labute approximate surface area is 109 Å². The van der Waals surface area contributed by atoms with E-state index in [1.807, 2.05) is 14.0 Å². The molecule has 3 nitrogen and oxygen atoms in total. The molecular weight excluding hydrogens is 255 g/mol. The highest BCUT2D eigenvalue weighted by Gasteiger charge is 2.29. The van der Waals surface area contributed by atoms with Crippen molar-refractivity contribution in [2.75, 3.05) is 5.32 Å². The molecule has 102 valence electrons. The average Bonchev–Trinajstić information content (AvgIpc) is 2.67. The molecule has 0 fully saturated rings. The minimum atomic E-state index is -4.29. The first kappa shape index (κ1) is 13.5. The van der Waals surface area contributed by atoms with Crippen LogP contribution in [0.5, 0.6) is 0 Å². The Balaban J connectivity index is 2.03. The molecule has 0 aliphatic rings. The fourth-order valence-electron chi connectivity index (χ4n) is 1.69. The first-order chi connectivity index (χ1) is 8.88.